The van der Waals surface area contributed by atoms with Crippen LogP contribution < -0.4 is 5.32 Å². The summed E-state index contributed by atoms with van der Waals surface area (Å²) in [5.74, 6) is 1.92. The molecular weight excluding hydrogens is 238 g/mol. The van der Waals surface area contributed by atoms with Crippen LogP contribution >= 0.6 is 0 Å². The Morgan fingerprint density at radius 3 is 2.58 bits per heavy atom. The van der Waals surface area contributed by atoms with E-state index in [1.165, 1.54) is 11.1 Å². The molecule has 2 rings (SSSR count). The number of benzene rings is 1. The second-order valence-electron chi connectivity index (χ2n) is 4.95. The minimum absolute atomic E-state index is 0.0867. The third-order valence-corrected chi connectivity index (χ3v) is 3.33. The van der Waals surface area contributed by atoms with E-state index in [0.717, 1.165) is 23.6 Å². The van der Waals surface area contributed by atoms with Crippen LogP contribution in [0.3, 0.4) is 0 Å². The van der Waals surface area contributed by atoms with Gasteiger partial charge in [-0.15, -0.1) is 0 Å². The molecule has 2 N–H and O–H groups in total. The summed E-state index contributed by atoms with van der Waals surface area (Å²) in [5.41, 5.74) is 3.33. The molecule has 0 saturated heterocycles. The Morgan fingerprint density at radius 2 is 1.95 bits per heavy atom. The molecule has 1 heterocycles. The van der Waals surface area contributed by atoms with Gasteiger partial charge in [-0.3, -0.25) is 0 Å². The van der Waals surface area contributed by atoms with Gasteiger partial charge in [0.1, 0.15) is 11.5 Å². The molecule has 0 aliphatic rings. The summed E-state index contributed by atoms with van der Waals surface area (Å²) in [4.78, 5) is 0. The fraction of sp³-hybridized carbons (Fsp3) is 0.375. The normalized spacial score (nSPS) is 12.6. The first-order valence-corrected chi connectivity index (χ1v) is 6.59. The molecule has 1 aromatic heterocycles. The number of hydrogen-bond donors (Lipinski definition) is 2. The largest absolute Gasteiger partial charge is 0.466 e. The third-order valence-electron chi connectivity index (χ3n) is 3.33. The summed E-state index contributed by atoms with van der Waals surface area (Å²) in [6, 6.07) is 10.3. The lowest BCUT2D eigenvalue weighted by Crippen LogP contribution is -2.18. The Balaban J connectivity index is 2.00. The Morgan fingerprint density at radius 1 is 1.21 bits per heavy atom. The van der Waals surface area contributed by atoms with Crippen molar-refractivity contribution in [2.75, 3.05) is 0 Å². The van der Waals surface area contributed by atoms with Crippen LogP contribution in [0.15, 0.2) is 34.7 Å². The van der Waals surface area contributed by atoms with Crippen molar-refractivity contribution in [3.63, 3.8) is 0 Å². The van der Waals surface area contributed by atoms with Crippen molar-refractivity contribution in [2.24, 2.45) is 0 Å². The summed E-state index contributed by atoms with van der Waals surface area (Å²) in [6.45, 7) is 6.95. The van der Waals surface area contributed by atoms with Gasteiger partial charge in [0.05, 0.1) is 6.61 Å². The summed E-state index contributed by atoms with van der Waals surface area (Å²) in [6.07, 6.45) is 0. The molecule has 2 aromatic rings. The predicted molar refractivity (Wildman–Crippen MR) is 75.8 cm³/mol. The quantitative estimate of drug-likeness (QED) is 0.866. The van der Waals surface area contributed by atoms with Crippen LogP contribution in [-0.2, 0) is 13.2 Å². The molecule has 0 spiro atoms. The predicted octanol–water partition coefficient (Wildman–Crippen LogP) is 3.24. The summed E-state index contributed by atoms with van der Waals surface area (Å²) in [7, 11) is 0. The highest BCUT2D eigenvalue weighted by molar-refractivity contribution is 5.25. The van der Waals surface area contributed by atoms with Gasteiger partial charge in [-0.25, -0.2) is 0 Å². The number of hydrogen-bond acceptors (Lipinski definition) is 3. The van der Waals surface area contributed by atoms with Gasteiger partial charge in [-0.05, 0) is 38.0 Å². The molecule has 0 aliphatic carbocycles. The zero-order valence-electron chi connectivity index (χ0n) is 11.7. The summed E-state index contributed by atoms with van der Waals surface area (Å²) >= 11 is 0. The second-order valence-corrected chi connectivity index (χ2v) is 4.95. The SMILES string of the molecule is Cc1cc(C(C)NCc2cccc(CO)c2)c(C)o1. The molecule has 0 bridgehead atoms. The fourth-order valence-electron chi connectivity index (χ4n) is 2.30. The molecule has 0 aliphatic heterocycles. The molecule has 1 atom stereocenters. The Bertz CT molecular complexity index is 545. The topological polar surface area (TPSA) is 45.4 Å². The maximum absolute atomic E-state index is 9.12. The molecule has 19 heavy (non-hydrogen) atoms. The van der Waals surface area contributed by atoms with E-state index in [2.05, 4.69) is 24.4 Å². The van der Waals surface area contributed by atoms with E-state index >= 15 is 0 Å². The summed E-state index contributed by atoms with van der Waals surface area (Å²) < 4.78 is 5.55. The first kappa shape index (κ1) is 13.8. The van der Waals surface area contributed by atoms with Gasteiger partial charge in [-0.1, -0.05) is 24.3 Å². The number of aliphatic hydroxyl groups is 1. The molecule has 0 radical (unpaired) electrons. The van der Waals surface area contributed by atoms with Crippen molar-refractivity contribution in [1.82, 2.24) is 5.32 Å². The van der Waals surface area contributed by atoms with E-state index < -0.39 is 0 Å². The van der Waals surface area contributed by atoms with E-state index in [4.69, 9.17) is 9.52 Å². The van der Waals surface area contributed by atoms with E-state index in [-0.39, 0.29) is 12.6 Å². The lowest BCUT2D eigenvalue weighted by Gasteiger charge is -2.13. The number of aliphatic hydroxyl groups excluding tert-OH is 1. The lowest BCUT2D eigenvalue weighted by atomic mass is 10.1. The van der Waals surface area contributed by atoms with E-state index in [9.17, 15) is 0 Å². The van der Waals surface area contributed by atoms with Crippen LogP contribution in [0.2, 0.25) is 0 Å². The van der Waals surface area contributed by atoms with E-state index in [1.807, 2.05) is 32.0 Å². The molecule has 3 nitrogen and oxygen atoms in total. The Labute approximate surface area is 114 Å². The van der Waals surface area contributed by atoms with E-state index in [0.29, 0.717) is 0 Å². The van der Waals surface area contributed by atoms with Crippen molar-refractivity contribution >= 4 is 0 Å². The fourth-order valence-corrected chi connectivity index (χ4v) is 2.30. The smallest absolute Gasteiger partial charge is 0.105 e. The monoisotopic (exact) mass is 259 g/mol. The van der Waals surface area contributed by atoms with Crippen molar-refractivity contribution in [3.8, 4) is 0 Å². The zero-order chi connectivity index (χ0) is 13.8. The van der Waals surface area contributed by atoms with Crippen LogP contribution in [0.1, 0.15) is 41.2 Å². The van der Waals surface area contributed by atoms with Crippen molar-refractivity contribution in [2.45, 2.75) is 40.0 Å². The number of nitrogens with one attached hydrogen (secondary N) is 1. The number of aryl methyl sites for hydroxylation is 2. The number of rotatable bonds is 5. The van der Waals surface area contributed by atoms with Gasteiger partial charge in [0, 0.05) is 18.2 Å². The maximum Gasteiger partial charge on any atom is 0.105 e. The van der Waals surface area contributed by atoms with Crippen LogP contribution in [0, 0.1) is 13.8 Å². The maximum atomic E-state index is 9.12. The molecule has 1 aromatic carbocycles. The highest BCUT2D eigenvalue weighted by Gasteiger charge is 2.11. The van der Waals surface area contributed by atoms with Gasteiger partial charge in [0.25, 0.3) is 0 Å². The molecule has 102 valence electrons. The average Bonchev–Trinajstić information content (AvgIpc) is 2.75. The van der Waals surface area contributed by atoms with E-state index in [1.54, 1.807) is 0 Å². The first-order chi connectivity index (χ1) is 9.10. The lowest BCUT2D eigenvalue weighted by molar-refractivity contribution is 0.281. The van der Waals surface area contributed by atoms with Crippen molar-refractivity contribution in [3.05, 3.63) is 58.5 Å². The minimum Gasteiger partial charge on any atom is -0.466 e. The highest BCUT2D eigenvalue weighted by Crippen LogP contribution is 2.21. The van der Waals surface area contributed by atoms with Gasteiger partial charge in [0.15, 0.2) is 0 Å². The molecule has 0 amide bonds. The molecule has 1 unspecified atom stereocenters. The van der Waals surface area contributed by atoms with Crippen molar-refractivity contribution in [1.29, 1.82) is 0 Å². The highest BCUT2D eigenvalue weighted by atomic mass is 16.3. The minimum atomic E-state index is 0.0867. The van der Waals surface area contributed by atoms with Crippen LogP contribution in [-0.4, -0.2) is 5.11 Å². The third kappa shape index (κ3) is 3.46. The van der Waals surface area contributed by atoms with Gasteiger partial charge < -0.3 is 14.8 Å². The van der Waals surface area contributed by atoms with Crippen LogP contribution in [0.25, 0.3) is 0 Å². The zero-order valence-corrected chi connectivity index (χ0v) is 11.7. The standard InChI is InChI=1S/C16H21NO2/c1-11-7-16(13(3)19-11)12(2)17-9-14-5-4-6-15(8-14)10-18/h4-8,12,17-18H,9-10H2,1-3H3. The molecular formula is C16H21NO2. The Kier molecular flexibility index (Phi) is 4.40. The van der Waals surface area contributed by atoms with Gasteiger partial charge >= 0.3 is 0 Å². The van der Waals surface area contributed by atoms with Crippen molar-refractivity contribution < 1.29 is 9.52 Å². The first-order valence-electron chi connectivity index (χ1n) is 6.59. The molecule has 0 saturated carbocycles. The van der Waals surface area contributed by atoms with Crippen LogP contribution in [0.5, 0.6) is 0 Å². The average molecular weight is 259 g/mol. The Hall–Kier alpha value is -1.58. The van der Waals surface area contributed by atoms with Gasteiger partial charge in [0.2, 0.25) is 0 Å². The number of furan rings is 1. The molecule has 0 fully saturated rings. The van der Waals surface area contributed by atoms with Gasteiger partial charge in [-0.2, -0.15) is 0 Å². The van der Waals surface area contributed by atoms with Crippen LogP contribution in [0.4, 0.5) is 0 Å². The summed E-state index contributed by atoms with van der Waals surface area (Å²) in [5, 5.41) is 12.6. The second kappa shape index (κ2) is 6.04. The molecule has 3 heteroatoms.